The zero-order valence-electron chi connectivity index (χ0n) is 14.6. The first-order valence-corrected chi connectivity index (χ1v) is 7.80. The van der Waals surface area contributed by atoms with Gasteiger partial charge in [-0.05, 0) is 25.1 Å². The molecule has 0 N–H and O–H groups in total. The van der Waals surface area contributed by atoms with Crippen molar-refractivity contribution in [1.29, 1.82) is 0 Å². The van der Waals surface area contributed by atoms with Crippen LogP contribution in [0.1, 0.15) is 17.3 Å². The van der Waals surface area contributed by atoms with Crippen LogP contribution in [-0.4, -0.2) is 32.1 Å². The lowest BCUT2D eigenvalue weighted by Crippen LogP contribution is -1.97. The number of carbonyl (C=O) groups is 1. The predicted molar refractivity (Wildman–Crippen MR) is 96.8 cm³/mol. The van der Waals surface area contributed by atoms with Crippen molar-refractivity contribution in [2.75, 3.05) is 21.3 Å². The van der Waals surface area contributed by atoms with Gasteiger partial charge in [-0.15, -0.1) is 0 Å². The zero-order chi connectivity index (χ0) is 18.0. The summed E-state index contributed by atoms with van der Waals surface area (Å²) in [4.78, 5) is 16.4. The van der Waals surface area contributed by atoms with Crippen LogP contribution in [0.3, 0.4) is 0 Å². The molecule has 0 saturated heterocycles. The van der Waals surface area contributed by atoms with Gasteiger partial charge in [0.25, 0.3) is 0 Å². The summed E-state index contributed by atoms with van der Waals surface area (Å²) in [6.45, 7) is 1.55. The highest BCUT2D eigenvalue weighted by Gasteiger charge is 2.16. The van der Waals surface area contributed by atoms with Crippen molar-refractivity contribution in [2.45, 2.75) is 6.92 Å². The molecule has 0 aliphatic carbocycles. The topological polar surface area (TPSA) is 57.7 Å². The number of nitrogens with zero attached hydrogens (tertiary/aromatic N) is 1. The van der Waals surface area contributed by atoms with Crippen molar-refractivity contribution < 1.29 is 19.0 Å². The maximum absolute atomic E-state index is 11.6. The molecule has 0 unspecified atom stereocenters. The van der Waals surface area contributed by atoms with Crippen molar-refractivity contribution in [2.24, 2.45) is 0 Å². The van der Waals surface area contributed by atoms with E-state index in [2.05, 4.69) is 0 Å². The van der Waals surface area contributed by atoms with Gasteiger partial charge in [0, 0.05) is 22.6 Å². The van der Waals surface area contributed by atoms with E-state index in [0.29, 0.717) is 28.3 Å². The molecule has 0 spiro atoms. The number of pyridine rings is 1. The second-order valence-corrected chi connectivity index (χ2v) is 5.54. The molecule has 0 atom stereocenters. The standard InChI is InChI=1S/C20H19NO4/c1-12(22)13-6-5-7-14(10-13)16-9-8-15-19(21-16)17(23-2)11-18(24-3)20(15)25-4/h5-11H,1-4H3. The van der Waals surface area contributed by atoms with Gasteiger partial charge in [-0.1, -0.05) is 18.2 Å². The van der Waals surface area contributed by atoms with Crippen molar-refractivity contribution in [3.63, 3.8) is 0 Å². The molecule has 0 aliphatic rings. The molecule has 5 nitrogen and oxygen atoms in total. The van der Waals surface area contributed by atoms with Crippen LogP contribution in [0.5, 0.6) is 17.2 Å². The normalized spacial score (nSPS) is 10.6. The molecule has 0 bridgehead atoms. The third-order valence-electron chi connectivity index (χ3n) is 4.07. The highest BCUT2D eigenvalue weighted by molar-refractivity contribution is 5.96. The van der Waals surface area contributed by atoms with Crippen molar-refractivity contribution in [1.82, 2.24) is 4.98 Å². The third-order valence-corrected chi connectivity index (χ3v) is 4.07. The molecule has 128 valence electrons. The lowest BCUT2D eigenvalue weighted by atomic mass is 10.0. The van der Waals surface area contributed by atoms with E-state index in [0.717, 1.165) is 16.6 Å². The summed E-state index contributed by atoms with van der Waals surface area (Å²) in [7, 11) is 4.76. The lowest BCUT2D eigenvalue weighted by Gasteiger charge is -2.14. The van der Waals surface area contributed by atoms with E-state index in [4.69, 9.17) is 19.2 Å². The van der Waals surface area contributed by atoms with Crippen LogP contribution in [0.25, 0.3) is 22.2 Å². The van der Waals surface area contributed by atoms with Crippen LogP contribution in [0.4, 0.5) is 0 Å². The number of rotatable bonds is 5. The van der Waals surface area contributed by atoms with E-state index in [-0.39, 0.29) is 5.78 Å². The minimum atomic E-state index is 0.0200. The maximum atomic E-state index is 11.6. The highest BCUT2D eigenvalue weighted by atomic mass is 16.5. The van der Waals surface area contributed by atoms with Gasteiger partial charge in [0.1, 0.15) is 11.3 Å². The number of benzene rings is 2. The Bertz CT molecular complexity index is 950. The lowest BCUT2D eigenvalue weighted by molar-refractivity contribution is 0.101. The fraction of sp³-hybridized carbons (Fsp3) is 0.200. The summed E-state index contributed by atoms with van der Waals surface area (Å²) in [5.74, 6) is 1.80. The van der Waals surface area contributed by atoms with Crippen LogP contribution >= 0.6 is 0 Å². The molecular formula is C20H19NO4. The van der Waals surface area contributed by atoms with Gasteiger partial charge in [0.05, 0.1) is 27.0 Å². The second-order valence-electron chi connectivity index (χ2n) is 5.54. The van der Waals surface area contributed by atoms with Gasteiger partial charge in [-0.25, -0.2) is 4.98 Å². The largest absolute Gasteiger partial charge is 0.494 e. The Labute approximate surface area is 146 Å². The molecule has 25 heavy (non-hydrogen) atoms. The number of ether oxygens (including phenoxy) is 3. The van der Waals surface area contributed by atoms with E-state index in [9.17, 15) is 4.79 Å². The maximum Gasteiger partial charge on any atom is 0.170 e. The summed E-state index contributed by atoms with van der Waals surface area (Å²) in [5.41, 5.74) is 2.94. The average molecular weight is 337 g/mol. The second kappa shape index (κ2) is 6.81. The molecule has 3 rings (SSSR count). The van der Waals surface area contributed by atoms with Gasteiger partial charge >= 0.3 is 0 Å². The third kappa shape index (κ3) is 3.01. The summed E-state index contributed by atoms with van der Waals surface area (Å²) in [5, 5.41) is 0.796. The van der Waals surface area contributed by atoms with E-state index in [1.807, 2.05) is 30.3 Å². The minimum Gasteiger partial charge on any atom is -0.494 e. The first kappa shape index (κ1) is 16.8. The van der Waals surface area contributed by atoms with E-state index < -0.39 is 0 Å². The van der Waals surface area contributed by atoms with Crippen LogP contribution in [-0.2, 0) is 0 Å². The summed E-state index contributed by atoms with van der Waals surface area (Å²) in [6.07, 6.45) is 0. The quantitative estimate of drug-likeness (QED) is 0.655. The Morgan fingerprint density at radius 3 is 2.32 bits per heavy atom. The Morgan fingerprint density at radius 1 is 0.920 bits per heavy atom. The number of ketones is 1. The SMILES string of the molecule is COc1cc(OC)c2nc(-c3cccc(C(C)=O)c3)ccc2c1OC. The van der Waals surface area contributed by atoms with Crippen LogP contribution in [0, 0.1) is 0 Å². The Morgan fingerprint density at radius 2 is 1.68 bits per heavy atom. The number of hydrogen-bond acceptors (Lipinski definition) is 5. The number of aromatic nitrogens is 1. The first-order valence-electron chi connectivity index (χ1n) is 7.80. The first-order chi connectivity index (χ1) is 12.1. The molecule has 2 aromatic carbocycles. The van der Waals surface area contributed by atoms with Crippen LogP contribution in [0.2, 0.25) is 0 Å². The van der Waals surface area contributed by atoms with E-state index >= 15 is 0 Å². The fourth-order valence-electron chi connectivity index (χ4n) is 2.79. The van der Waals surface area contributed by atoms with Crippen molar-refractivity contribution >= 4 is 16.7 Å². The summed E-state index contributed by atoms with van der Waals surface area (Å²) >= 11 is 0. The number of hydrogen-bond donors (Lipinski definition) is 0. The molecule has 0 saturated carbocycles. The summed E-state index contributed by atoms with van der Waals surface area (Å²) in [6, 6.07) is 13.0. The zero-order valence-corrected chi connectivity index (χ0v) is 14.6. The Kier molecular flexibility index (Phi) is 4.57. The highest BCUT2D eigenvalue weighted by Crippen LogP contribution is 2.41. The molecule has 3 aromatic rings. The molecule has 0 radical (unpaired) electrons. The smallest absolute Gasteiger partial charge is 0.170 e. The molecule has 0 fully saturated rings. The number of methoxy groups -OCH3 is 3. The predicted octanol–water partition coefficient (Wildman–Crippen LogP) is 4.13. The Hall–Kier alpha value is -3.08. The number of fused-ring (bicyclic) bond motifs is 1. The van der Waals surface area contributed by atoms with Gasteiger partial charge in [0.15, 0.2) is 17.3 Å². The molecule has 1 heterocycles. The summed E-state index contributed by atoms with van der Waals surface area (Å²) < 4.78 is 16.3. The van der Waals surface area contributed by atoms with Crippen LogP contribution in [0.15, 0.2) is 42.5 Å². The van der Waals surface area contributed by atoms with E-state index in [1.165, 1.54) is 0 Å². The average Bonchev–Trinajstić information content (AvgIpc) is 2.66. The van der Waals surface area contributed by atoms with Gasteiger partial charge in [0.2, 0.25) is 0 Å². The van der Waals surface area contributed by atoms with Crippen molar-refractivity contribution in [3.05, 3.63) is 48.0 Å². The monoisotopic (exact) mass is 337 g/mol. The van der Waals surface area contributed by atoms with Gasteiger partial charge in [-0.2, -0.15) is 0 Å². The number of Topliss-reactive ketones (excluding diaryl/α,β-unsaturated/α-hetero) is 1. The van der Waals surface area contributed by atoms with Gasteiger partial charge < -0.3 is 14.2 Å². The van der Waals surface area contributed by atoms with Gasteiger partial charge in [-0.3, -0.25) is 4.79 Å². The van der Waals surface area contributed by atoms with Crippen molar-refractivity contribution in [3.8, 4) is 28.5 Å². The molecule has 0 amide bonds. The molecule has 0 aliphatic heterocycles. The fourth-order valence-corrected chi connectivity index (χ4v) is 2.79. The minimum absolute atomic E-state index is 0.0200. The van der Waals surface area contributed by atoms with Crippen LogP contribution < -0.4 is 14.2 Å². The molecular weight excluding hydrogens is 318 g/mol. The molecule has 5 heteroatoms. The number of carbonyl (C=O) groups excluding carboxylic acids is 1. The van der Waals surface area contributed by atoms with E-state index in [1.54, 1.807) is 40.4 Å². The Balaban J connectivity index is 2.23. The molecule has 1 aromatic heterocycles.